The molecule has 5 heteroatoms. The number of nitrogen functional groups attached to an aromatic ring is 1. The number of benzene rings is 1. The van der Waals surface area contributed by atoms with E-state index in [1.165, 1.54) is 12.1 Å². The molecule has 0 bridgehead atoms. The second kappa shape index (κ2) is 4.33. The first-order chi connectivity index (χ1) is 7.25. The zero-order valence-corrected chi connectivity index (χ0v) is 9.05. The highest BCUT2D eigenvalue weighted by atomic mass is 19.4. The molecule has 0 spiro atoms. The summed E-state index contributed by atoms with van der Waals surface area (Å²) in [5.74, 6) is -0.189. The van der Waals surface area contributed by atoms with Crippen molar-refractivity contribution in [2.45, 2.75) is 26.1 Å². The first kappa shape index (κ1) is 12.8. The van der Waals surface area contributed by atoms with E-state index in [0.717, 1.165) is 6.07 Å². The van der Waals surface area contributed by atoms with Crippen LogP contribution in [0.3, 0.4) is 0 Å². The Bertz CT molecular complexity index is 374. The lowest BCUT2D eigenvalue weighted by Gasteiger charge is -2.19. The van der Waals surface area contributed by atoms with Crippen molar-refractivity contribution in [2.75, 3.05) is 5.73 Å². The van der Waals surface area contributed by atoms with Crippen LogP contribution in [0.4, 0.5) is 18.9 Å². The number of aliphatic hydroxyl groups excluding tert-OH is 1. The van der Waals surface area contributed by atoms with Crippen LogP contribution in [0.5, 0.6) is 0 Å². The van der Waals surface area contributed by atoms with Crippen molar-refractivity contribution in [1.82, 2.24) is 0 Å². The molecule has 1 unspecified atom stereocenters. The molecule has 3 N–H and O–H groups in total. The van der Waals surface area contributed by atoms with Crippen molar-refractivity contribution in [3.63, 3.8) is 0 Å². The van der Waals surface area contributed by atoms with Gasteiger partial charge in [-0.25, -0.2) is 0 Å². The van der Waals surface area contributed by atoms with E-state index in [2.05, 4.69) is 0 Å². The Kier molecular flexibility index (Phi) is 3.48. The molecule has 0 saturated heterocycles. The van der Waals surface area contributed by atoms with Crippen LogP contribution in [0.1, 0.15) is 31.1 Å². The van der Waals surface area contributed by atoms with Gasteiger partial charge in [0.1, 0.15) is 0 Å². The summed E-state index contributed by atoms with van der Waals surface area (Å²) >= 11 is 0. The van der Waals surface area contributed by atoms with Crippen LogP contribution in [0, 0.1) is 5.92 Å². The molecule has 1 aromatic carbocycles. The summed E-state index contributed by atoms with van der Waals surface area (Å²) in [6.07, 6.45) is -5.47. The van der Waals surface area contributed by atoms with Gasteiger partial charge in [-0.1, -0.05) is 26.0 Å². The van der Waals surface area contributed by atoms with Crippen LogP contribution in [0.15, 0.2) is 18.2 Å². The smallest absolute Gasteiger partial charge is 0.398 e. The van der Waals surface area contributed by atoms with Crippen LogP contribution in [-0.2, 0) is 6.18 Å². The second-order valence-electron chi connectivity index (χ2n) is 4.00. The number of rotatable bonds is 2. The minimum Gasteiger partial charge on any atom is -0.398 e. The van der Waals surface area contributed by atoms with Crippen molar-refractivity contribution in [3.05, 3.63) is 29.3 Å². The maximum Gasteiger partial charge on any atom is 0.418 e. The summed E-state index contributed by atoms with van der Waals surface area (Å²) in [5, 5.41) is 9.72. The standard InChI is InChI=1S/C11H14F3NO/c1-6(2)10(16)7-4-3-5-8(9(7)15)11(12,13)14/h3-6,10,16H,15H2,1-2H3. The van der Waals surface area contributed by atoms with Crippen molar-refractivity contribution in [3.8, 4) is 0 Å². The molecule has 0 aromatic heterocycles. The van der Waals surface area contributed by atoms with E-state index < -0.39 is 23.5 Å². The molecule has 1 rings (SSSR count). The third kappa shape index (κ3) is 2.47. The molecule has 0 heterocycles. The van der Waals surface area contributed by atoms with Gasteiger partial charge in [0.2, 0.25) is 0 Å². The van der Waals surface area contributed by atoms with Gasteiger partial charge in [0.05, 0.1) is 11.7 Å². The summed E-state index contributed by atoms with van der Waals surface area (Å²) < 4.78 is 37.6. The molecule has 1 atom stereocenters. The maximum absolute atomic E-state index is 12.5. The Morgan fingerprint density at radius 1 is 1.25 bits per heavy atom. The van der Waals surface area contributed by atoms with E-state index >= 15 is 0 Å². The van der Waals surface area contributed by atoms with Crippen LogP contribution in [0.2, 0.25) is 0 Å². The predicted octanol–water partition coefficient (Wildman–Crippen LogP) is 2.98. The fraction of sp³-hybridized carbons (Fsp3) is 0.455. The zero-order chi connectivity index (χ0) is 12.5. The Hall–Kier alpha value is -1.23. The quantitative estimate of drug-likeness (QED) is 0.771. The molecule has 0 amide bonds. The number of alkyl halides is 3. The van der Waals surface area contributed by atoms with E-state index in [0.29, 0.717) is 0 Å². The molecule has 90 valence electrons. The zero-order valence-electron chi connectivity index (χ0n) is 9.05. The van der Waals surface area contributed by atoms with E-state index in [1.54, 1.807) is 13.8 Å². The highest BCUT2D eigenvalue weighted by Gasteiger charge is 2.34. The number of hydrogen-bond acceptors (Lipinski definition) is 2. The third-order valence-corrected chi connectivity index (χ3v) is 2.40. The highest BCUT2D eigenvalue weighted by molar-refractivity contribution is 5.56. The minimum atomic E-state index is -4.49. The van der Waals surface area contributed by atoms with Crippen LogP contribution in [0.25, 0.3) is 0 Å². The van der Waals surface area contributed by atoms with Crippen molar-refractivity contribution in [1.29, 1.82) is 0 Å². The van der Waals surface area contributed by atoms with Gasteiger partial charge in [-0.2, -0.15) is 13.2 Å². The average Bonchev–Trinajstić information content (AvgIpc) is 2.15. The van der Waals surface area contributed by atoms with Gasteiger partial charge in [0.25, 0.3) is 0 Å². The van der Waals surface area contributed by atoms with Gasteiger partial charge in [-0.3, -0.25) is 0 Å². The Balaban J connectivity index is 3.24. The van der Waals surface area contributed by atoms with Gasteiger partial charge >= 0.3 is 6.18 Å². The van der Waals surface area contributed by atoms with Gasteiger partial charge in [-0.15, -0.1) is 0 Å². The van der Waals surface area contributed by atoms with Crippen molar-refractivity contribution in [2.24, 2.45) is 5.92 Å². The first-order valence-electron chi connectivity index (χ1n) is 4.88. The fourth-order valence-corrected chi connectivity index (χ4v) is 1.45. The van der Waals surface area contributed by atoms with E-state index in [4.69, 9.17) is 5.73 Å². The minimum absolute atomic E-state index is 0.129. The lowest BCUT2D eigenvalue weighted by Crippen LogP contribution is -2.14. The Morgan fingerprint density at radius 3 is 2.25 bits per heavy atom. The SMILES string of the molecule is CC(C)C(O)c1cccc(C(F)(F)F)c1N. The first-order valence-corrected chi connectivity index (χ1v) is 4.88. The lowest BCUT2D eigenvalue weighted by molar-refractivity contribution is -0.137. The molecule has 1 aromatic rings. The number of para-hydroxylation sites is 1. The molecule has 0 fully saturated rings. The monoisotopic (exact) mass is 233 g/mol. The lowest BCUT2D eigenvalue weighted by atomic mass is 9.95. The van der Waals surface area contributed by atoms with Gasteiger partial charge in [-0.05, 0) is 12.0 Å². The van der Waals surface area contributed by atoms with Crippen molar-refractivity contribution < 1.29 is 18.3 Å². The van der Waals surface area contributed by atoms with Crippen LogP contribution >= 0.6 is 0 Å². The average molecular weight is 233 g/mol. The molecule has 0 aliphatic carbocycles. The number of hydrogen-bond donors (Lipinski definition) is 2. The van der Waals surface area contributed by atoms with Crippen molar-refractivity contribution >= 4 is 5.69 Å². The summed E-state index contributed by atoms with van der Waals surface area (Å²) in [4.78, 5) is 0. The molecule has 0 aliphatic heterocycles. The summed E-state index contributed by atoms with van der Waals surface area (Å²) in [6, 6.07) is 3.57. The highest BCUT2D eigenvalue weighted by Crippen LogP contribution is 2.37. The number of nitrogens with two attached hydrogens (primary N) is 1. The van der Waals surface area contributed by atoms with Gasteiger partial charge in [0, 0.05) is 11.3 Å². The van der Waals surface area contributed by atoms with E-state index in [9.17, 15) is 18.3 Å². The molecule has 0 aliphatic rings. The Labute approximate surface area is 91.9 Å². The molecule has 0 saturated carbocycles. The van der Waals surface area contributed by atoms with E-state index in [-0.39, 0.29) is 11.5 Å². The summed E-state index contributed by atoms with van der Waals surface area (Å²) in [7, 11) is 0. The van der Waals surface area contributed by atoms with Gasteiger partial charge in [0.15, 0.2) is 0 Å². The normalized spacial score (nSPS) is 14.2. The van der Waals surface area contributed by atoms with Crippen LogP contribution < -0.4 is 5.73 Å². The maximum atomic E-state index is 12.5. The predicted molar refractivity (Wildman–Crippen MR) is 55.7 cm³/mol. The van der Waals surface area contributed by atoms with E-state index in [1.807, 2.05) is 0 Å². The third-order valence-electron chi connectivity index (χ3n) is 2.40. The van der Waals surface area contributed by atoms with Gasteiger partial charge < -0.3 is 10.8 Å². The molecule has 0 radical (unpaired) electrons. The second-order valence-corrected chi connectivity index (χ2v) is 4.00. The molecule has 2 nitrogen and oxygen atoms in total. The van der Waals surface area contributed by atoms with Crippen LogP contribution in [-0.4, -0.2) is 5.11 Å². The Morgan fingerprint density at radius 2 is 1.81 bits per heavy atom. The summed E-state index contributed by atoms with van der Waals surface area (Å²) in [6.45, 7) is 3.43. The molecule has 16 heavy (non-hydrogen) atoms. The largest absolute Gasteiger partial charge is 0.418 e. The fourth-order valence-electron chi connectivity index (χ4n) is 1.45. The summed E-state index contributed by atoms with van der Waals surface area (Å²) in [5.41, 5.74) is 4.27. The molecular weight excluding hydrogens is 219 g/mol. The number of aliphatic hydroxyl groups is 1. The topological polar surface area (TPSA) is 46.2 Å². The number of halogens is 3. The number of anilines is 1. The molecular formula is C11H14F3NO.